The van der Waals surface area contributed by atoms with E-state index in [1.165, 1.54) is 18.4 Å². The first-order valence-electron chi connectivity index (χ1n) is 10.3. The fourth-order valence-corrected chi connectivity index (χ4v) is 3.08. The van der Waals surface area contributed by atoms with E-state index in [1.807, 2.05) is 38.1 Å². The first-order valence-corrected chi connectivity index (χ1v) is 10.3. The first kappa shape index (κ1) is 22.5. The molecule has 0 radical (unpaired) electrons. The van der Waals surface area contributed by atoms with Gasteiger partial charge >= 0.3 is 0 Å². The van der Waals surface area contributed by atoms with Gasteiger partial charge in [0.1, 0.15) is 17.8 Å². The second kappa shape index (κ2) is 10.7. The van der Waals surface area contributed by atoms with Crippen molar-refractivity contribution < 1.29 is 18.3 Å². The minimum atomic E-state index is -0.268. The predicted octanol–water partition coefficient (Wildman–Crippen LogP) is 4.55. The summed E-state index contributed by atoms with van der Waals surface area (Å²) >= 11 is 0. The average Bonchev–Trinajstić information content (AvgIpc) is 3.24. The molecule has 6 nitrogen and oxygen atoms in total. The summed E-state index contributed by atoms with van der Waals surface area (Å²) in [6.45, 7) is 5.55. The highest BCUT2D eigenvalue weighted by atomic mass is 19.1. The molecule has 2 aromatic carbocycles. The number of hydrogen-bond donors (Lipinski definition) is 1. The molecule has 0 saturated carbocycles. The molecule has 0 unspecified atom stereocenters. The Hall–Kier alpha value is -3.19. The van der Waals surface area contributed by atoms with Gasteiger partial charge in [-0.2, -0.15) is 0 Å². The van der Waals surface area contributed by atoms with Crippen LogP contribution in [0.15, 0.2) is 59.2 Å². The van der Waals surface area contributed by atoms with E-state index >= 15 is 0 Å². The molecule has 1 heterocycles. The molecule has 1 amide bonds. The number of carbonyl (C=O) groups is 1. The lowest BCUT2D eigenvalue weighted by atomic mass is 10.1. The minimum absolute atomic E-state index is 0.0673. The Kier molecular flexibility index (Phi) is 7.78. The van der Waals surface area contributed by atoms with Crippen LogP contribution in [-0.4, -0.2) is 28.9 Å². The SMILES string of the molecule is CC[C@@H](C)NC(=O)c1coc(CN(Cc2ccc(F)cc2)Cc2ccc(OC)cc2)n1. The normalized spacial score (nSPS) is 12.0. The number of benzene rings is 2. The fraction of sp³-hybridized carbons (Fsp3) is 0.333. The van der Waals surface area contributed by atoms with Crippen molar-refractivity contribution >= 4 is 5.91 Å². The smallest absolute Gasteiger partial charge is 0.273 e. The maximum Gasteiger partial charge on any atom is 0.273 e. The molecule has 0 aliphatic rings. The van der Waals surface area contributed by atoms with E-state index in [0.29, 0.717) is 25.5 Å². The lowest BCUT2D eigenvalue weighted by molar-refractivity contribution is 0.0934. The van der Waals surface area contributed by atoms with Crippen LogP contribution >= 0.6 is 0 Å². The Morgan fingerprint density at radius 2 is 1.71 bits per heavy atom. The summed E-state index contributed by atoms with van der Waals surface area (Å²) in [7, 11) is 1.63. The highest BCUT2D eigenvalue weighted by Crippen LogP contribution is 2.17. The Bertz CT molecular complexity index is 970. The van der Waals surface area contributed by atoms with Crippen molar-refractivity contribution in [2.45, 2.75) is 45.9 Å². The maximum absolute atomic E-state index is 13.3. The van der Waals surface area contributed by atoms with Gasteiger partial charge in [0.15, 0.2) is 5.69 Å². The molecule has 3 rings (SSSR count). The molecular formula is C24H28FN3O3. The zero-order valence-electron chi connectivity index (χ0n) is 18.1. The number of carbonyl (C=O) groups excluding carboxylic acids is 1. The topological polar surface area (TPSA) is 67.6 Å². The van der Waals surface area contributed by atoms with Crippen LogP contribution in [0.1, 0.15) is 47.8 Å². The summed E-state index contributed by atoms with van der Waals surface area (Å²) in [5.74, 6) is 0.725. The summed E-state index contributed by atoms with van der Waals surface area (Å²) in [5.41, 5.74) is 2.32. The number of nitrogens with one attached hydrogen (secondary N) is 1. The molecule has 7 heteroatoms. The van der Waals surface area contributed by atoms with Gasteiger partial charge in [-0.3, -0.25) is 9.69 Å². The number of nitrogens with zero attached hydrogens (tertiary/aromatic N) is 2. The van der Waals surface area contributed by atoms with E-state index in [4.69, 9.17) is 9.15 Å². The van der Waals surface area contributed by atoms with E-state index in [1.54, 1.807) is 19.2 Å². The van der Waals surface area contributed by atoms with Crippen molar-refractivity contribution in [3.05, 3.63) is 83.3 Å². The van der Waals surface area contributed by atoms with Gasteiger partial charge in [0, 0.05) is 19.1 Å². The number of hydrogen-bond acceptors (Lipinski definition) is 5. The average molecular weight is 426 g/mol. The van der Waals surface area contributed by atoms with Crippen LogP contribution in [-0.2, 0) is 19.6 Å². The number of oxazole rings is 1. The third-order valence-corrected chi connectivity index (χ3v) is 5.02. The lowest BCUT2D eigenvalue weighted by Gasteiger charge is -2.21. The molecule has 1 N–H and O–H groups in total. The van der Waals surface area contributed by atoms with Crippen LogP contribution in [0.4, 0.5) is 4.39 Å². The fourth-order valence-electron chi connectivity index (χ4n) is 3.08. The minimum Gasteiger partial charge on any atom is -0.497 e. The van der Waals surface area contributed by atoms with Crippen LogP contribution in [0.5, 0.6) is 5.75 Å². The first-order chi connectivity index (χ1) is 15.0. The Morgan fingerprint density at radius 3 is 2.29 bits per heavy atom. The van der Waals surface area contributed by atoms with Crippen molar-refractivity contribution in [2.75, 3.05) is 7.11 Å². The van der Waals surface area contributed by atoms with E-state index in [9.17, 15) is 9.18 Å². The van der Waals surface area contributed by atoms with Gasteiger partial charge in [-0.1, -0.05) is 31.2 Å². The Morgan fingerprint density at radius 1 is 1.10 bits per heavy atom. The van der Waals surface area contributed by atoms with Crippen LogP contribution in [0.2, 0.25) is 0 Å². The third-order valence-electron chi connectivity index (χ3n) is 5.02. The molecule has 31 heavy (non-hydrogen) atoms. The van der Waals surface area contributed by atoms with Crippen molar-refractivity contribution in [3.8, 4) is 5.75 Å². The second-order valence-corrected chi connectivity index (χ2v) is 7.53. The molecule has 164 valence electrons. The Labute approximate surface area is 182 Å². The van der Waals surface area contributed by atoms with Gasteiger partial charge in [0.25, 0.3) is 5.91 Å². The number of rotatable bonds is 10. The lowest BCUT2D eigenvalue weighted by Crippen LogP contribution is -2.32. The van der Waals surface area contributed by atoms with Gasteiger partial charge in [-0.05, 0) is 48.7 Å². The molecule has 1 aromatic heterocycles. The number of halogens is 1. The molecule has 0 bridgehead atoms. The molecule has 0 aliphatic heterocycles. The predicted molar refractivity (Wildman–Crippen MR) is 116 cm³/mol. The molecule has 1 atom stereocenters. The van der Waals surface area contributed by atoms with Crippen LogP contribution in [0.3, 0.4) is 0 Å². The summed E-state index contributed by atoms with van der Waals surface area (Å²) in [6.07, 6.45) is 2.22. The number of aromatic nitrogens is 1. The van der Waals surface area contributed by atoms with E-state index in [-0.39, 0.29) is 23.5 Å². The van der Waals surface area contributed by atoms with Gasteiger partial charge in [-0.15, -0.1) is 0 Å². The molecule has 0 aliphatic carbocycles. The monoisotopic (exact) mass is 425 g/mol. The van der Waals surface area contributed by atoms with E-state index in [0.717, 1.165) is 23.3 Å². The number of ether oxygens (including phenoxy) is 1. The quantitative estimate of drug-likeness (QED) is 0.516. The largest absolute Gasteiger partial charge is 0.497 e. The summed E-state index contributed by atoms with van der Waals surface area (Å²) in [6, 6.07) is 14.3. The Balaban J connectivity index is 1.74. The standard InChI is InChI=1S/C24H28FN3O3/c1-4-17(2)26-24(29)22-16-31-23(27-22)15-28(13-18-5-9-20(25)10-6-18)14-19-7-11-21(30-3)12-8-19/h5-12,16-17H,4,13-15H2,1-3H3,(H,26,29)/t17-/m1/s1. The summed E-state index contributed by atoms with van der Waals surface area (Å²) < 4.78 is 24.1. The van der Waals surface area contributed by atoms with Crippen molar-refractivity contribution in [1.82, 2.24) is 15.2 Å². The van der Waals surface area contributed by atoms with Gasteiger partial charge < -0.3 is 14.5 Å². The summed E-state index contributed by atoms with van der Waals surface area (Å²) in [4.78, 5) is 18.8. The van der Waals surface area contributed by atoms with Crippen molar-refractivity contribution in [2.24, 2.45) is 0 Å². The number of amides is 1. The molecule has 3 aromatic rings. The highest BCUT2D eigenvalue weighted by molar-refractivity contribution is 5.92. The van der Waals surface area contributed by atoms with Crippen LogP contribution in [0.25, 0.3) is 0 Å². The van der Waals surface area contributed by atoms with Gasteiger partial charge in [-0.25, -0.2) is 9.37 Å². The summed E-state index contributed by atoms with van der Waals surface area (Å²) in [5, 5.41) is 2.89. The second-order valence-electron chi connectivity index (χ2n) is 7.53. The van der Waals surface area contributed by atoms with Gasteiger partial charge in [0.2, 0.25) is 5.89 Å². The van der Waals surface area contributed by atoms with Crippen LogP contribution in [0, 0.1) is 5.82 Å². The van der Waals surface area contributed by atoms with E-state index in [2.05, 4.69) is 15.2 Å². The third kappa shape index (κ3) is 6.65. The maximum atomic E-state index is 13.3. The molecular weight excluding hydrogens is 397 g/mol. The molecule has 0 spiro atoms. The molecule has 0 fully saturated rings. The van der Waals surface area contributed by atoms with Crippen LogP contribution < -0.4 is 10.1 Å². The molecule has 0 saturated heterocycles. The zero-order valence-corrected chi connectivity index (χ0v) is 18.1. The van der Waals surface area contributed by atoms with Crippen molar-refractivity contribution in [1.29, 1.82) is 0 Å². The van der Waals surface area contributed by atoms with Crippen molar-refractivity contribution in [3.63, 3.8) is 0 Å². The van der Waals surface area contributed by atoms with E-state index < -0.39 is 0 Å². The zero-order chi connectivity index (χ0) is 22.2. The highest BCUT2D eigenvalue weighted by Gasteiger charge is 2.17. The number of methoxy groups -OCH3 is 1. The van der Waals surface area contributed by atoms with Gasteiger partial charge in [0.05, 0.1) is 13.7 Å².